The summed E-state index contributed by atoms with van der Waals surface area (Å²) in [7, 11) is 2.71. The van der Waals surface area contributed by atoms with Gasteiger partial charge in [-0.2, -0.15) is 0 Å². The SMILES string of the molecule is Cc1ccccc1-n1c(SCC(=O)c2c(N)n(C)c(=O)n(C)c2=O)nc2sc3c(c2c1=O)CCCC3. The third kappa shape index (κ3) is 3.82. The first-order chi connectivity index (χ1) is 17.2. The number of aromatic nitrogens is 4. The van der Waals surface area contributed by atoms with Crippen LogP contribution in [0.3, 0.4) is 0 Å². The summed E-state index contributed by atoms with van der Waals surface area (Å²) in [5, 5.41) is 1.03. The third-order valence-corrected chi connectivity index (χ3v) is 8.76. The van der Waals surface area contributed by atoms with Crippen LogP contribution in [0.1, 0.15) is 39.2 Å². The van der Waals surface area contributed by atoms with Crippen LogP contribution in [0.15, 0.2) is 43.8 Å². The molecule has 0 atom stereocenters. The Kier molecular flexibility index (Phi) is 6.21. The van der Waals surface area contributed by atoms with Crippen molar-refractivity contribution in [3.63, 3.8) is 0 Å². The highest BCUT2D eigenvalue weighted by atomic mass is 32.2. The van der Waals surface area contributed by atoms with Crippen molar-refractivity contribution in [2.75, 3.05) is 11.5 Å². The van der Waals surface area contributed by atoms with Crippen LogP contribution in [0.4, 0.5) is 5.82 Å². The van der Waals surface area contributed by atoms with Gasteiger partial charge in [0, 0.05) is 19.0 Å². The van der Waals surface area contributed by atoms with E-state index in [2.05, 4.69) is 0 Å². The van der Waals surface area contributed by atoms with E-state index in [0.29, 0.717) is 21.1 Å². The lowest BCUT2D eigenvalue weighted by atomic mass is 9.97. The number of nitrogens with two attached hydrogens (primary N) is 1. The van der Waals surface area contributed by atoms with E-state index in [9.17, 15) is 19.2 Å². The molecule has 186 valence electrons. The Morgan fingerprint density at radius 1 is 1.08 bits per heavy atom. The first kappa shape index (κ1) is 24.3. The van der Waals surface area contributed by atoms with Gasteiger partial charge in [-0.05, 0) is 49.8 Å². The molecule has 0 saturated carbocycles. The minimum atomic E-state index is -0.744. The number of carbonyl (C=O) groups excluding carboxylic acids is 1. The number of hydrogen-bond acceptors (Lipinski definition) is 8. The highest BCUT2D eigenvalue weighted by Gasteiger charge is 2.25. The molecule has 3 aromatic heterocycles. The molecule has 0 saturated heterocycles. The zero-order chi connectivity index (χ0) is 25.7. The molecule has 36 heavy (non-hydrogen) atoms. The molecule has 3 heterocycles. The van der Waals surface area contributed by atoms with Crippen molar-refractivity contribution in [2.45, 2.75) is 37.8 Å². The first-order valence-electron chi connectivity index (χ1n) is 11.6. The quantitative estimate of drug-likeness (QED) is 0.242. The van der Waals surface area contributed by atoms with E-state index in [1.54, 1.807) is 15.9 Å². The zero-order valence-electron chi connectivity index (χ0n) is 20.2. The molecule has 9 nitrogen and oxygen atoms in total. The van der Waals surface area contributed by atoms with Gasteiger partial charge < -0.3 is 5.73 Å². The lowest BCUT2D eigenvalue weighted by Crippen LogP contribution is -2.41. The molecular formula is C25H25N5O4S2. The smallest absolute Gasteiger partial charge is 0.332 e. The number of benzene rings is 1. The van der Waals surface area contributed by atoms with Gasteiger partial charge in [0.1, 0.15) is 16.2 Å². The lowest BCUT2D eigenvalue weighted by Gasteiger charge is -2.15. The van der Waals surface area contributed by atoms with Gasteiger partial charge in [0.15, 0.2) is 10.9 Å². The normalized spacial score (nSPS) is 13.2. The average molecular weight is 524 g/mol. The molecule has 1 aromatic carbocycles. The van der Waals surface area contributed by atoms with Crippen LogP contribution < -0.4 is 22.5 Å². The fraction of sp³-hybridized carbons (Fsp3) is 0.320. The van der Waals surface area contributed by atoms with Crippen LogP contribution in [0.5, 0.6) is 0 Å². The maximum Gasteiger partial charge on any atom is 0.332 e. The minimum absolute atomic E-state index is 0.152. The van der Waals surface area contributed by atoms with Crippen LogP contribution in [0.2, 0.25) is 0 Å². The number of rotatable bonds is 5. The summed E-state index contributed by atoms with van der Waals surface area (Å²) in [6, 6.07) is 7.53. The highest BCUT2D eigenvalue weighted by Crippen LogP contribution is 2.35. The van der Waals surface area contributed by atoms with Crippen molar-refractivity contribution in [1.29, 1.82) is 0 Å². The Morgan fingerprint density at radius 2 is 1.81 bits per heavy atom. The maximum absolute atomic E-state index is 13.9. The predicted octanol–water partition coefficient (Wildman–Crippen LogP) is 2.59. The maximum atomic E-state index is 13.9. The summed E-state index contributed by atoms with van der Waals surface area (Å²) in [6.07, 6.45) is 3.94. The van der Waals surface area contributed by atoms with Crippen molar-refractivity contribution in [1.82, 2.24) is 18.7 Å². The lowest BCUT2D eigenvalue weighted by molar-refractivity contribution is 0.102. The van der Waals surface area contributed by atoms with Gasteiger partial charge in [-0.1, -0.05) is 30.0 Å². The standard InChI is InChI=1S/C25H25N5O4S2/c1-13-8-4-6-10-15(13)30-23(33)18-14-9-5-7-11-17(14)36-21(18)27-24(30)35-12-16(31)19-20(26)28(2)25(34)29(3)22(19)32/h4,6,8,10H,5,7,9,11-12,26H2,1-3H3. The van der Waals surface area contributed by atoms with Gasteiger partial charge in [0.2, 0.25) is 0 Å². The van der Waals surface area contributed by atoms with Gasteiger partial charge in [0.25, 0.3) is 11.1 Å². The number of para-hydroxylation sites is 1. The van der Waals surface area contributed by atoms with Gasteiger partial charge >= 0.3 is 5.69 Å². The zero-order valence-corrected chi connectivity index (χ0v) is 21.8. The fourth-order valence-electron chi connectivity index (χ4n) is 4.63. The second kappa shape index (κ2) is 9.21. The van der Waals surface area contributed by atoms with E-state index in [-0.39, 0.29) is 22.7 Å². The average Bonchev–Trinajstić information content (AvgIpc) is 3.24. The number of anilines is 1. The summed E-state index contributed by atoms with van der Waals surface area (Å²) in [4.78, 5) is 58.6. The van der Waals surface area contributed by atoms with Gasteiger partial charge in [-0.25, -0.2) is 9.78 Å². The molecule has 4 aromatic rings. The Hall–Kier alpha value is -3.44. The van der Waals surface area contributed by atoms with Crippen LogP contribution in [0.25, 0.3) is 15.9 Å². The van der Waals surface area contributed by atoms with Crippen molar-refractivity contribution >= 4 is 44.9 Å². The third-order valence-electron chi connectivity index (χ3n) is 6.64. The van der Waals surface area contributed by atoms with Crippen molar-refractivity contribution in [2.24, 2.45) is 14.1 Å². The number of carbonyl (C=O) groups is 1. The monoisotopic (exact) mass is 523 g/mol. The number of Topliss-reactive ketones (excluding diaryl/α,β-unsaturated/α-hetero) is 1. The predicted molar refractivity (Wildman–Crippen MR) is 143 cm³/mol. The summed E-state index contributed by atoms with van der Waals surface area (Å²) < 4.78 is 3.50. The second-order valence-corrected chi connectivity index (χ2v) is 10.9. The van der Waals surface area contributed by atoms with Crippen LogP contribution in [0, 0.1) is 6.92 Å². The van der Waals surface area contributed by atoms with Crippen LogP contribution >= 0.6 is 23.1 Å². The summed E-state index contributed by atoms with van der Waals surface area (Å²) >= 11 is 2.62. The van der Waals surface area contributed by atoms with E-state index >= 15 is 0 Å². The number of hydrogen-bond donors (Lipinski definition) is 1. The summed E-state index contributed by atoms with van der Waals surface area (Å²) in [5.74, 6) is -0.892. The largest absolute Gasteiger partial charge is 0.384 e. The number of ketones is 1. The van der Waals surface area contributed by atoms with Crippen LogP contribution in [-0.2, 0) is 26.9 Å². The van der Waals surface area contributed by atoms with Crippen molar-refractivity contribution < 1.29 is 4.79 Å². The second-order valence-electron chi connectivity index (χ2n) is 8.89. The molecule has 0 spiro atoms. The van der Waals surface area contributed by atoms with E-state index in [1.165, 1.54) is 19.0 Å². The number of fused-ring (bicyclic) bond motifs is 3. The molecule has 0 aliphatic heterocycles. The number of thiophene rings is 1. The molecule has 0 amide bonds. The van der Waals surface area contributed by atoms with Gasteiger partial charge in [-0.15, -0.1) is 11.3 Å². The molecule has 5 rings (SSSR count). The number of thioether (sulfide) groups is 1. The molecule has 1 aliphatic rings. The van der Waals surface area contributed by atoms with Gasteiger partial charge in [-0.3, -0.25) is 28.1 Å². The van der Waals surface area contributed by atoms with E-state index in [4.69, 9.17) is 10.7 Å². The molecule has 0 unspecified atom stereocenters. The molecule has 0 radical (unpaired) electrons. The molecule has 2 N–H and O–H groups in total. The van der Waals surface area contributed by atoms with Gasteiger partial charge in [0.05, 0.1) is 16.8 Å². The molecule has 0 fully saturated rings. The Labute approximate surface area is 214 Å². The number of nitrogen functional groups attached to an aromatic ring is 1. The molecular weight excluding hydrogens is 498 g/mol. The highest BCUT2D eigenvalue weighted by molar-refractivity contribution is 7.99. The molecule has 11 heteroatoms. The van der Waals surface area contributed by atoms with Crippen molar-refractivity contribution in [3.05, 3.63) is 77.0 Å². The summed E-state index contributed by atoms with van der Waals surface area (Å²) in [6.45, 7) is 1.92. The fourth-order valence-corrected chi connectivity index (χ4v) is 6.81. The number of nitrogens with zero attached hydrogens (tertiary/aromatic N) is 4. The molecule has 1 aliphatic carbocycles. The first-order valence-corrected chi connectivity index (χ1v) is 13.4. The van der Waals surface area contributed by atoms with E-state index < -0.39 is 17.0 Å². The Morgan fingerprint density at radius 3 is 2.56 bits per heavy atom. The van der Waals surface area contributed by atoms with Crippen molar-refractivity contribution in [3.8, 4) is 5.69 Å². The van der Waals surface area contributed by atoms with E-state index in [1.807, 2.05) is 31.2 Å². The van der Waals surface area contributed by atoms with E-state index in [0.717, 1.165) is 57.7 Å². The van der Waals surface area contributed by atoms with Crippen LogP contribution in [-0.4, -0.2) is 30.2 Å². The molecule has 0 bridgehead atoms. The topological polar surface area (TPSA) is 122 Å². The Balaban J connectivity index is 1.64. The minimum Gasteiger partial charge on any atom is -0.384 e. The summed E-state index contributed by atoms with van der Waals surface area (Å²) in [5.41, 5.74) is 6.90. The number of aryl methyl sites for hydroxylation is 3. The Bertz CT molecular complexity index is 1730.